The zero-order valence-electron chi connectivity index (χ0n) is 11.8. The summed E-state index contributed by atoms with van der Waals surface area (Å²) in [5.41, 5.74) is -1.19. The van der Waals surface area contributed by atoms with E-state index in [2.05, 4.69) is 0 Å². The van der Waals surface area contributed by atoms with Crippen molar-refractivity contribution in [3.63, 3.8) is 0 Å². The molecular formula is C12H26O4. The van der Waals surface area contributed by atoms with Crippen molar-refractivity contribution in [1.29, 1.82) is 0 Å². The summed E-state index contributed by atoms with van der Waals surface area (Å²) in [7, 11) is 0. The van der Waals surface area contributed by atoms with Gasteiger partial charge in [0.05, 0.1) is 11.2 Å². The Morgan fingerprint density at radius 2 is 1.06 bits per heavy atom. The van der Waals surface area contributed by atoms with Gasteiger partial charge < -0.3 is 0 Å². The van der Waals surface area contributed by atoms with E-state index in [0.717, 1.165) is 0 Å². The Balaban J connectivity index is 3.88. The molecule has 0 atom stereocenters. The average Bonchev–Trinajstić information content (AvgIpc) is 1.97. The summed E-state index contributed by atoms with van der Waals surface area (Å²) in [4.78, 5) is 20.8. The van der Waals surface area contributed by atoms with Crippen molar-refractivity contribution >= 4 is 0 Å². The molecule has 0 bridgehead atoms. The van der Waals surface area contributed by atoms with Gasteiger partial charge in [0.15, 0.2) is 0 Å². The van der Waals surface area contributed by atoms with E-state index in [0.29, 0.717) is 6.61 Å². The highest BCUT2D eigenvalue weighted by atomic mass is 17.2. The molecule has 98 valence electrons. The molecular weight excluding hydrogens is 208 g/mol. The van der Waals surface area contributed by atoms with E-state index in [1.165, 1.54) is 0 Å². The third kappa shape index (κ3) is 10.4. The molecule has 0 heterocycles. The van der Waals surface area contributed by atoms with E-state index in [-0.39, 0.29) is 11.2 Å². The third-order valence-electron chi connectivity index (χ3n) is 1.23. The Hall–Kier alpha value is -0.160. The molecule has 4 heteroatoms. The van der Waals surface area contributed by atoms with Crippen LogP contribution in [0.25, 0.3) is 0 Å². The second-order valence-corrected chi connectivity index (χ2v) is 6.50. The third-order valence-corrected chi connectivity index (χ3v) is 1.23. The minimum Gasteiger partial charge on any atom is -0.233 e. The first kappa shape index (κ1) is 15.8. The van der Waals surface area contributed by atoms with Crippen molar-refractivity contribution in [3.05, 3.63) is 0 Å². The second-order valence-electron chi connectivity index (χ2n) is 6.50. The smallest absolute Gasteiger partial charge is 0.124 e. The van der Waals surface area contributed by atoms with Gasteiger partial charge in [0.1, 0.15) is 12.2 Å². The Morgan fingerprint density at radius 1 is 0.625 bits per heavy atom. The summed E-state index contributed by atoms with van der Waals surface area (Å²) >= 11 is 0. The summed E-state index contributed by atoms with van der Waals surface area (Å²) in [5.74, 6) is 0. The van der Waals surface area contributed by atoms with Gasteiger partial charge in [-0.25, -0.2) is 19.6 Å². The van der Waals surface area contributed by atoms with E-state index in [4.69, 9.17) is 19.6 Å². The van der Waals surface area contributed by atoms with E-state index in [1.54, 1.807) is 0 Å². The van der Waals surface area contributed by atoms with Crippen molar-refractivity contribution < 1.29 is 19.6 Å². The molecule has 0 saturated heterocycles. The van der Waals surface area contributed by atoms with Crippen LogP contribution >= 0.6 is 0 Å². The maximum absolute atomic E-state index is 5.30. The predicted molar refractivity (Wildman–Crippen MR) is 62.8 cm³/mol. The molecule has 0 amide bonds. The monoisotopic (exact) mass is 234 g/mol. The number of hydrogen-bond donors (Lipinski definition) is 0. The standard InChI is InChI=1S/C12H26O4/c1-10(2,3)14-13-9-12(7,8)16-15-11(4,5)6/h9H2,1-8H3. The highest BCUT2D eigenvalue weighted by Crippen LogP contribution is 2.17. The first-order valence-electron chi connectivity index (χ1n) is 5.59. The highest BCUT2D eigenvalue weighted by Gasteiger charge is 2.25. The van der Waals surface area contributed by atoms with Gasteiger partial charge in [0.25, 0.3) is 0 Å². The second kappa shape index (κ2) is 5.45. The Labute approximate surface area is 99.1 Å². The normalized spacial score (nSPS) is 14.2. The van der Waals surface area contributed by atoms with Gasteiger partial charge in [0, 0.05) is 0 Å². The molecule has 0 aromatic carbocycles. The topological polar surface area (TPSA) is 36.9 Å². The average molecular weight is 234 g/mol. The van der Waals surface area contributed by atoms with Gasteiger partial charge in [-0.1, -0.05) is 0 Å². The van der Waals surface area contributed by atoms with Crippen molar-refractivity contribution in [2.75, 3.05) is 6.61 Å². The maximum Gasteiger partial charge on any atom is 0.124 e. The van der Waals surface area contributed by atoms with Gasteiger partial charge in [0.2, 0.25) is 0 Å². The number of rotatable bonds is 5. The van der Waals surface area contributed by atoms with Crippen LogP contribution in [0.15, 0.2) is 0 Å². The summed E-state index contributed by atoms with van der Waals surface area (Å²) in [6, 6.07) is 0. The SMILES string of the molecule is CC(C)(C)OOCC(C)(C)OOC(C)(C)C. The molecule has 0 N–H and O–H groups in total. The van der Waals surface area contributed by atoms with Crippen molar-refractivity contribution in [2.24, 2.45) is 0 Å². The van der Waals surface area contributed by atoms with E-state index >= 15 is 0 Å². The largest absolute Gasteiger partial charge is 0.233 e. The predicted octanol–water partition coefficient (Wildman–Crippen LogP) is 3.26. The fraction of sp³-hybridized carbons (Fsp3) is 1.00. The van der Waals surface area contributed by atoms with Gasteiger partial charge in [-0.2, -0.15) is 0 Å². The van der Waals surface area contributed by atoms with E-state index in [9.17, 15) is 0 Å². The lowest BCUT2D eigenvalue weighted by Crippen LogP contribution is -2.36. The first-order chi connectivity index (χ1) is 6.91. The van der Waals surface area contributed by atoms with Gasteiger partial charge in [-0.05, 0) is 55.4 Å². The van der Waals surface area contributed by atoms with Gasteiger partial charge >= 0.3 is 0 Å². The van der Waals surface area contributed by atoms with Crippen molar-refractivity contribution in [1.82, 2.24) is 0 Å². The van der Waals surface area contributed by atoms with Gasteiger partial charge in [-0.15, -0.1) is 0 Å². The lowest BCUT2D eigenvalue weighted by Gasteiger charge is -2.28. The van der Waals surface area contributed by atoms with Crippen LogP contribution in [0.1, 0.15) is 55.4 Å². The van der Waals surface area contributed by atoms with Crippen LogP contribution in [0.3, 0.4) is 0 Å². The Morgan fingerprint density at radius 3 is 1.44 bits per heavy atom. The van der Waals surface area contributed by atoms with Crippen LogP contribution in [0, 0.1) is 0 Å². The summed E-state index contributed by atoms with van der Waals surface area (Å²) in [6.45, 7) is 15.6. The molecule has 16 heavy (non-hydrogen) atoms. The van der Waals surface area contributed by atoms with Crippen LogP contribution in [-0.2, 0) is 19.6 Å². The fourth-order valence-corrected chi connectivity index (χ4v) is 0.610. The quantitative estimate of drug-likeness (QED) is 0.540. The lowest BCUT2D eigenvalue weighted by atomic mass is 10.2. The Kier molecular flexibility index (Phi) is 5.39. The van der Waals surface area contributed by atoms with Crippen LogP contribution in [-0.4, -0.2) is 23.4 Å². The first-order valence-corrected chi connectivity index (χ1v) is 5.59. The molecule has 0 unspecified atom stereocenters. The van der Waals surface area contributed by atoms with Gasteiger partial charge in [-0.3, -0.25) is 0 Å². The lowest BCUT2D eigenvalue weighted by molar-refractivity contribution is -0.431. The van der Waals surface area contributed by atoms with Crippen molar-refractivity contribution in [2.45, 2.75) is 72.2 Å². The molecule has 0 fully saturated rings. The molecule has 0 aliphatic carbocycles. The van der Waals surface area contributed by atoms with Crippen LogP contribution in [0.5, 0.6) is 0 Å². The maximum atomic E-state index is 5.30. The molecule has 0 saturated carbocycles. The fourth-order valence-electron chi connectivity index (χ4n) is 0.610. The number of hydrogen-bond acceptors (Lipinski definition) is 4. The molecule has 0 aliphatic heterocycles. The highest BCUT2D eigenvalue weighted by molar-refractivity contribution is 4.65. The molecule has 0 rings (SSSR count). The molecule has 4 nitrogen and oxygen atoms in total. The molecule has 0 aliphatic rings. The van der Waals surface area contributed by atoms with E-state index < -0.39 is 5.60 Å². The zero-order valence-corrected chi connectivity index (χ0v) is 11.8. The summed E-state index contributed by atoms with van der Waals surface area (Å²) in [6.07, 6.45) is 0. The minimum atomic E-state index is -0.543. The Bertz CT molecular complexity index is 198. The zero-order chi connectivity index (χ0) is 13.0. The molecule has 0 aromatic heterocycles. The minimum absolute atomic E-state index is 0.306. The summed E-state index contributed by atoms with van der Waals surface area (Å²) < 4.78 is 0. The molecule has 0 aromatic rings. The summed E-state index contributed by atoms with van der Waals surface area (Å²) in [5, 5.41) is 0. The van der Waals surface area contributed by atoms with Crippen LogP contribution in [0.4, 0.5) is 0 Å². The van der Waals surface area contributed by atoms with Crippen LogP contribution < -0.4 is 0 Å². The van der Waals surface area contributed by atoms with E-state index in [1.807, 2.05) is 55.4 Å². The molecule has 0 spiro atoms. The van der Waals surface area contributed by atoms with Crippen molar-refractivity contribution in [3.8, 4) is 0 Å². The molecule has 0 radical (unpaired) electrons. The van der Waals surface area contributed by atoms with Crippen LogP contribution in [0.2, 0.25) is 0 Å².